The number of primary amides is 1. The van der Waals surface area contributed by atoms with Gasteiger partial charge in [0.15, 0.2) is 0 Å². The van der Waals surface area contributed by atoms with Crippen molar-refractivity contribution in [1.82, 2.24) is 5.32 Å². The standard InChI is InChI=1S/C5H7N2O3/c6-4(8)3-5(9)7-1-2-10-3/h3H,1-2H2,(H2,6,8). The molecule has 0 bridgehead atoms. The molecule has 1 heterocycles. The van der Waals surface area contributed by atoms with Gasteiger partial charge in [0.05, 0.1) is 13.2 Å². The van der Waals surface area contributed by atoms with Gasteiger partial charge in [0, 0.05) is 0 Å². The van der Waals surface area contributed by atoms with Crippen LogP contribution >= 0.6 is 0 Å². The number of morpholine rings is 1. The summed E-state index contributed by atoms with van der Waals surface area (Å²) in [5, 5.41) is 3.47. The SMILES string of the molecule is NC(=O)C1OCC[N]C1=O. The van der Waals surface area contributed by atoms with Crippen LogP contribution in [-0.2, 0) is 14.3 Å². The summed E-state index contributed by atoms with van der Waals surface area (Å²) in [4.78, 5) is 21.0. The zero-order valence-electron chi connectivity index (χ0n) is 5.24. The normalized spacial score (nSPS) is 25.6. The van der Waals surface area contributed by atoms with Gasteiger partial charge in [-0.2, -0.15) is 0 Å². The van der Waals surface area contributed by atoms with Gasteiger partial charge in [-0.05, 0) is 0 Å². The van der Waals surface area contributed by atoms with Crippen molar-refractivity contribution in [3.8, 4) is 0 Å². The number of ether oxygens (including phenoxy) is 1. The van der Waals surface area contributed by atoms with Crippen LogP contribution in [-0.4, -0.2) is 31.1 Å². The molecule has 10 heavy (non-hydrogen) atoms. The second-order valence-electron chi connectivity index (χ2n) is 1.87. The Bertz CT molecular complexity index is 168. The molecule has 0 aromatic heterocycles. The molecule has 0 spiro atoms. The average molecular weight is 143 g/mol. The molecule has 1 unspecified atom stereocenters. The number of carbonyl (C=O) groups is 2. The topological polar surface area (TPSA) is 83.5 Å². The monoisotopic (exact) mass is 143 g/mol. The number of nitrogens with zero attached hydrogens (tertiary/aromatic N) is 1. The molecule has 1 aliphatic rings. The zero-order valence-corrected chi connectivity index (χ0v) is 5.24. The first-order valence-corrected chi connectivity index (χ1v) is 2.84. The van der Waals surface area contributed by atoms with E-state index in [9.17, 15) is 9.59 Å². The first-order valence-electron chi connectivity index (χ1n) is 2.84. The molecule has 0 aliphatic carbocycles. The van der Waals surface area contributed by atoms with Crippen molar-refractivity contribution in [3.05, 3.63) is 0 Å². The van der Waals surface area contributed by atoms with Crippen molar-refractivity contribution < 1.29 is 14.3 Å². The maximum absolute atomic E-state index is 10.6. The summed E-state index contributed by atoms with van der Waals surface area (Å²) < 4.78 is 4.73. The average Bonchev–Trinajstić information content (AvgIpc) is 1.88. The van der Waals surface area contributed by atoms with Gasteiger partial charge in [0.25, 0.3) is 11.8 Å². The van der Waals surface area contributed by atoms with Crippen molar-refractivity contribution in [2.45, 2.75) is 6.10 Å². The number of hydrogen-bond donors (Lipinski definition) is 1. The molecule has 0 aromatic rings. The Labute approximate surface area is 57.5 Å². The number of carbonyl (C=O) groups excluding carboxylic acids is 2. The Kier molecular flexibility index (Phi) is 1.86. The third-order valence-electron chi connectivity index (χ3n) is 1.13. The third-order valence-corrected chi connectivity index (χ3v) is 1.13. The predicted octanol–water partition coefficient (Wildman–Crippen LogP) is -2.00. The fourth-order valence-electron chi connectivity index (χ4n) is 0.684. The van der Waals surface area contributed by atoms with Gasteiger partial charge >= 0.3 is 0 Å². The minimum absolute atomic E-state index is 0.291. The predicted molar refractivity (Wildman–Crippen MR) is 30.9 cm³/mol. The lowest BCUT2D eigenvalue weighted by molar-refractivity contribution is -0.147. The molecule has 5 heteroatoms. The Morgan fingerprint density at radius 1 is 1.80 bits per heavy atom. The van der Waals surface area contributed by atoms with Gasteiger partial charge < -0.3 is 10.5 Å². The number of rotatable bonds is 1. The zero-order chi connectivity index (χ0) is 7.56. The van der Waals surface area contributed by atoms with Crippen LogP contribution in [0.5, 0.6) is 0 Å². The van der Waals surface area contributed by atoms with Crippen LogP contribution in [0.25, 0.3) is 0 Å². The maximum Gasteiger partial charge on any atom is 0.280 e. The van der Waals surface area contributed by atoms with E-state index < -0.39 is 17.9 Å². The van der Waals surface area contributed by atoms with Crippen molar-refractivity contribution in [2.24, 2.45) is 5.73 Å². The molecule has 1 radical (unpaired) electrons. The highest BCUT2D eigenvalue weighted by Gasteiger charge is 2.28. The van der Waals surface area contributed by atoms with Crippen molar-refractivity contribution >= 4 is 11.8 Å². The minimum Gasteiger partial charge on any atom is -0.367 e. The van der Waals surface area contributed by atoms with Crippen molar-refractivity contribution in [2.75, 3.05) is 13.2 Å². The molecule has 0 aromatic carbocycles. The van der Waals surface area contributed by atoms with Crippen LogP contribution in [0.4, 0.5) is 0 Å². The largest absolute Gasteiger partial charge is 0.367 e. The summed E-state index contributed by atoms with van der Waals surface area (Å²) >= 11 is 0. The molecule has 2 N–H and O–H groups in total. The second kappa shape index (κ2) is 2.66. The molecule has 1 rings (SSSR count). The highest BCUT2D eigenvalue weighted by molar-refractivity contribution is 6.02. The molecule has 1 aliphatic heterocycles. The van der Waals surface area contributed by atoms with E-state index in [1.165, 1.54) is 0 Å². The summed E-state index contributed by atoms with van der Waals surface area (Å²) in [7, 11) is 0. The molecular weight excluding hydrogens is 136 g/mol. The molecule has 0 saturated carbocycles. The van der Waals surface area contributed by atoms with E-state index in [1.54, 1.807) is 0 Å². The van der Waals surface area contributed by atoms with E-state index in [1.807, 2.05) is 0 Å². The van der Waals surface area contributed by atoms with Crippen molar-refractivity contribution in [3.63, 3.8) is 0 Å². The Morgan fingerprint density at radius 2 is 2.50 bits per heavy atom. The lowest BCUT2D eigenvalue weighted by Gasteiger charge is -2.17. The summed E-state index contributed by atoms with van der Waals surface area (Å²) in [6.45, 7) is 0.613. The fourth-order valence-corrected chi connectivity index (χ4v) is 0.684. The van der Waals surface area contributed by atoms with Gasteiger partial charge in [0.2, 0.25) is 6.10 Å². The van der Waals surface area contributed by atoms with Crippen LogP contribution in [0, 0.1) is 0 Å². The first kappa shape index (κ1) is 7.01. The minimum atomic E-state index is -1.14. The molecule has 2 amide bonds. The third kappa shape index (κ3) is 1.24. The van der Waals surface area contributed by atoms with E-state index >= 15 is 0 Å². The summed E-state index contributed by atoms with van der Waals surface area (Å²) in [6, 6.07) is 0. The van der Waals surface area contributed by atoms with Gasteiger partial charge in [-0.3, -0.25) is 9.59 Å². The first-order chi connectivity index (χ1) is 4.72. The Hall–Kier alpha value is -1.10. The highest BCUT2D eigenvalue weighted by Crippen LogP contribution is 1.96. The molecule has 1 saturated heterocycles. The second-order valence-corrected chi connectivity index (χ2v) is 1.87. The summed E-state index contributed by atoms with van der Waals surface area (Å²) in [5.41, 5.74) is 4.81. The van der Waals surface area contributed by atoms with Crippen LogP contribution in [0.2, 0.25) is 0 Å². The van der Waals surface area contributed by atoms with Crippen LogP contribution in [0.1, 0.15) is 0 Å². The van der Waals surface area contributed by atoms with E-state index in [2.05, 4.69) is 5.32 Å². The summed E-state index contributed by atoms with van der Waals surface area (Å²) in [5.74, 6) is -1.34. The molecule has 5 nitrogen and oxygen atoms in total. The molecule has 1 atom stereocenters. The Morgan fingerprint density at radius 3 is 2.90 bits per heavy atom. The molecular formula is C5H7N2O3. The number of nitrogens with two attached hydrogens (primary N) is 1. The maximum atomic E-state index is 10.6. The van der Waals surface area contributed by atoms with E-state index in [0.717, 1.165) is 0 Å². The van der Waals surface area contributed by atoms with E-state index in [4.69, 9.17) is 10.5 Å². The van der Waals surface area contributed by atoms with E-state index in [-0.39, 0.29) is 0 Å². The molecule has 55 valence electrons. The smallest absolute Gasteiger partial charge is 0.280 e. The van der Waals surface area contributed by atoms with Gasteiger partial charge in [0.1, 0.15) is 0 Å². The Balaban J connectivity index is 2.56. The molecule has 1 fully saturated rings. The van der Waals surface area contributed by atoms with E-state index in [0.29, 0.717) is 13.2 Å². The lowest BCUT2D eigenvalue weighted by atomic mass is 10.3. The van der Waals surface area contributed by atoms with Gasteiger partial charge in [-0.25, -0.2) is 5.32 Å². The highest BCUT2D eigenvalue weighted by atomic mass is 16.5. The fraction of sp³-hybridized carbons (Fsp3) is 0.600. The van der Waals surface area contributed by atoms with Gasteiger partial charge in [-0.1, -0.05) is 0 Å². The number of amides is 2. The van der Waals surface area contributed by atoms with Crippen LogP contribution < -0.4 is 11.1 Å². The number of hydrogen-bond acceptors (Lipinski definition) is 3. The van der Waals surface area contributed by atoms with Gasteiger partial charge in [-0.15, -0.1) is 0 Å². The lowest BCUT2D eigenvalue weighted by Crippen LogP contribution is -2.47. The summed E-state index contributed by atoms with van der Waals surface area (Å²) in [6.07, 6.45) is -1.14. The quantitative estimate of drug-likeness (QED) is 0.431. The van der Waals surface area contributed by atoms with Crippen molar-refractivity contribution in [1.29, 1.82) is 0 Å². The van der Waals surface area contributed by atoms with Crippen LogP contribution in [0.15, 0.2) is 0 Å². The van der Waals surface area contributed by atoms with Crippen LogP contribution in [0.3, 0.4) is 0 Å².